The fourth-order valence-electron chi connectivity index (χ4n) is 1.24. The van der Waals surface area contributed by atoms with Crippen molar-refractivity contribution in [3.8, 4) is 0 Å². The van der Waals surface area contributed by atoms with E-state index in [9.17, 15) is 4.79 Å². The van der Waals surface area contributed by atoms with Gasteiger partial charge in [0.2, 0.25) is 5.91 Å². The maximum atomic E-state index is 11.5. The molecule has 0 aromatic carbocycles. The van der Waals surface area contributed by atoms with Crippen molar-refractivity contribution in [2.45, 2.75) is 13.3 Å². The van der Waals surface area contributed by atoms with Crippen molar-refractivity contribution in [1.82, 2.24) is 10.2 Å². The summed E-state index contributed by atoms with van der Waals surface area (Å²) in [6.07, 6.45) is 0.406. The number of hydrogen-bond donors (Lipinski definition) is 2. The van der Waals surface area contributed by atoms with Gasteiger partial charge in [0.15, 0.2) is 5.82 Å². The van der Waals surface area contributed by atoms with E-state index in [2.05, 4.69) is 15.5 Å². The Morgan fingerprint density at radius 3 is 3.13 bits per heavy atom. The van der Waals surface area contributed by atoms with Gasteiger partial charge in [0.1, 0.15) is 0 Å². The van der Waals surface area contributed by atoms with Gasteiger partial charge in [-0.3, -0.25) is 9.89 Å². The minimum atomic E-state index is -0.0380. The first-order valence-corrected chi connectivity index (χ1v) is 5.46. The summed E-state index contributed by atoms with van der Waals surface area (Å²) in [5.74, 6) is 0.540. The van der Waals surface area contributed by atoms with Gasteiger partial charge in [-0.05, 0) is 18.4 Å². The van der Waals surface area contributed by atoms with E-state index in [-0.39, 0.29) is 5.91 Å². The molecule has 2 aromatic rings. The number of nitrogens with one attached hydrogen (secondary N) is 2. The van der Waals surface area contributed by atoms with E-state index in [4.69, 9.17) is 0 Å². The minimum absolute atomic E-state index is 0.0380. The molecule has 0 fully saturated rings. The van der Waals surface area contributed by atoms with Gasteiger partial charge >= 0.3 is 0 Å². The van der Waals surface area contributed by atoms with Crippen LogP contribution in [0.25, 0.3) is 0 Å². The molecule has 0 radical (unpaired) electrons. The zero-order valence-corrected chi connectivity index (χ0v) is 9.10. The van der Waals surface area contributed by atoms with Gasteiger partial charge in [0.25, 0.3) is 0 Å². The van der Waals surface area contributed by atoms with Crippen LogP contribution in [-0.2, 0) is 11.2 Å². The van der Waals surface area contributed by atoms with Gasteiger partial charge < -0.3 is 5.32 Å². The number of carbonyl (C=O) groups is 1. The van der Waals surface area contributed by atoms with E-state index in [0.29, 0.717) is 12.2 Å². The summed E-state index contributed by atoms with van der Waals surface area (Å²) in [4.78, 5) is 12.6. The number of nitrogens with zero attached hydrogens (tertiary/aromatic N) is 1. The molecule has 0 bridgehead atoms. The standard InChI is InChI=1S/C10H11N3OS/c1-7-5-9(13-12-7)11-10(14)6-8-3-2-4-15-8/h2-5H,6H2,1H3,(H2,11,12,13,14). The molecule has 0 unspecified atom stereocenters. The molecule has 2 rings (SSSR count). The molecule has 5 heteroatoms. The maximum Gasteiger partial charge on any atom is 0.230 e. The molecule has 2 heterocycles. The number of carbonyl (C=O) groups excluding carboxylic acids is 1. The van der Waals surface area contributed by atoms with Gasteiger partial charge in [-0.15, -0.1) is 11.3 Å². The molecule has 2 aromatic heterocycles. The van der Waals surface area contributed by atoms with Crippen LogP contribution in [-0.4, -0.2) is 16.1 Å². The second-order valence-electron chi connectivity index (χ2n) is 3.24. The first-order chi connectivity index (χ1) is 7.24. The number of anilines is 1. The summed E-state index contributed by atoms with van der Waals surface area (Å²) in [5, 5.41) is 11.4. The Bertz CT molecular complexity index is 447. The summed E-state index contributed by atoms with van der Waals surface area (Å²) >= 11 is 1.58. The Morgan fingerprint density at radius 1 is 1.67 bits per heavy atom. The predicted octanol–water partition coefficient (Wildman–Crippen LogP) is 1.96. The molecule has 0 aliphatic heterocycles. The zero-order valence-electron chi connectivity index (χ0n) is 8.28. The fourth-order valence-corrected chi connectivity index (χ4v) is 1.94. The van der Waals surface area contributed by atoms with Crippen LogP contribution in [0.15, 0.2) is 23.6 Å². The summed E-state index contributed by atoms with van der Waals surface area (Å²) in [7, 11) is 0. The van der Waals surface area contributed by atoms with E-state index in [1.54, 1.807) is 17.4 Å². The molecule has 0 aliphatic rings. The summed E-state index contributed by atoms with van der Waals surface area (Å²) in [6.45, 7) is 1.89. The van der Waals surface area contributed by atoms with E-state index < -0.39 is 0 Å². The van der Waals surface area contributed by atoms with Crippen LogP contribution in [0, 0.1) is 6.92 Å². The van der Waals surface area contributed by atoms with Gasteiger partial charge in [-0.1, -0.05) is 6.07 Å². The van der Waals surface area contributed by atoms with Crippen molar-refractivity contribution in [2.75, 3.05) is 5.32 Å². The number of aromatic amines is 1. The molecule has 4 nitrogen and oxygen atoms in total. The van der Waals surface area contributed by atoms with Gasteiger partial charge in [0.05, 0.1) is 6.42 Å². The lowest BCUT2D eigenvalue weighted by Gasteiger charge is -1.98. The Kier molecular flexibility index (Phi) is 2.82. The number of H-pyrrole nitrogens is 1. The first kappa shape index (κ1) is 9.92. The average molecular weight is 221 g/mol. The molecule has 0 saturated carbocycles. The first-order valence-electron chi connectivity index (χ1n) is 4.58. The third-order valence-electron chi connectivity index (χ3n) is 1.89. The lowest BCUT2D eigenvalue weighted by molar-refractivity contribution is -0.115. The Labute approximate surface area is 91.3 Å². The lowest BCUT2D eigenvalue weighted by atomic mass is 10.3. The van der Waals surface area contributed by atoms with Crippen molar-refractivity contribution in [2.24, 2.45) is 0 Å². The van der Waals surface area contributed by atoms with Crippen molar-refractivity contribution < 1.29 is 4.79 Å². The highest BCUT2D eigenvalue weighted by atomic mass is 32.1. The molecule has 15 heavy (non-hydrogen) atoms. The monoisotopic (exact) mass is 221 g/mol. The molecular formula is C10H11N3OS. The number of aromatic nitrogens is 2. The average Bonchev–Trinajstić information content (AvgIpc) is 2.77. The van der Waals surface area contributed by atoms with Gasteiger partial charge in [-0.25, -0.2) is 0 Å². The second-order valence-corrected chi connectivity index (χ2v) is 4.27. The van der Waals surface area contributed by atoms with Crippen LogP contribution in [0.4, 0.5) is 5.82 Å². The quantitative estimate of drug-likeness (QED) is 0.832. The largest absolute Gasteiger partial charge is 0.309 e. The third-order valence-corrected chi connectivity index (χ3v) is 2.76. The van der Waals surface area contributed by atoms with E-state index >= 15 is 0 Å². The number of hydrogen-bond acceptors (Lipinski definition) is 3. The fraction of sp³-hybridized carbons (Fsp3) is 0.200. The van der Waals surface area contributed by atoms with Crippen molar-refractivity contribution in [1.29, 1.82) is 0 Å². The van der Waals surface area contributed by atoms with E-state index in [1.807, 2.05) is 24.4 Å². The highest BCUT2D eigenvalue weighted by Gasteiger charge is 2.06. The molecule has 0 spiro atoms. The van der Waals surface area contributed by atoms with Crippen LogP contribution in [0.1, 0.15) is 10.6 Å². The minimum Gasteiger partial charge on any atom is -0.309 e. The Morgan fingerprint density at radius 2 is 2.53 bits per heavy atom. The Balaban J connectivity index is 1.93. The SMILES string of the molecule is Cc1cc(NC(=O)Cc2cccs2)n[nH]1. The summed E-state index contributed by atoms with van der Waals surface area (Å²) < 4.78 is 0. The van der Waals surface area contributed by atoms with E-state index in [1.165, 1.54) is 0 Å². The van der Waals surface area contributed by atoms with Crippen molar-refractivity contribution in [3.63, 3.8) is 0 Å². The number of amides is 1. The number of aryl methyl sites for hydroxylation is 1. The Hall–Kier alpha value is -1.62. The second kappa shape index (κ2) is 4.27. The van der Waals surface area contributed by atoms with Crippen LogP contribution < -0.4 is 5.32 Å². The number of rotatable bonds is 3. The lowest BCUT2D eigenvalue weighted by Crippen LogP contribution is -2.13. The van der Waals surface area contributed by atoms with Crippen LogP contribution in [0.2, 0.25) is 0 Å². The van der Waals surface area contributed by atoms with Crippen LogP contribution >= 0.6 is 11.3 Å². The predicted molar refractivity (Wildman–Crippen MR) is 60.0 cm³/mol. The van der Waals surface area contributed by atoms with Gasteiger partial charge in [0, 0.05) is 16.6 Å². The molecule has 0 saturated heterocycles. The summed E-state index contributed by atoms with van der Waals surface area (Å²) in [6, 6.07) is 5.68. The molecule has 1 amide bonds. The summed E-state index contributed by atoms with van der Waals surface area (Å²) in [5.41, 5.74) is 0.932. The topological polar surface area (TPSA) is 57.8 Å². The van der Waals surface area contributed by atoms with E-state index in [0.717, 1.165) is 10.6 Å². The molecule has 0 aliphatic carbocycles. The van der Waals surface area contributed by atoms with Crippen molar-refractivity contribution >= 4 is 23.1 Å². The molecule has 78 valence electrons. The number of thiophene rings is 1. The maximum absolute atomic E-state index is 11.5. The molecule has 0 atom stereocenters. The zero-order chi connectivity index (χ0) is 10.7. The smallest absolute Gasteiger partial charge is 0.230 e. The highest BCUT2D eigenvalue weighted by Crippen LogP contribution is 2.10. The van der Waals surface area contributed by atoms with Crippen LogP contribution in [0.5, 0.6) is 0 Å². The van der Waals surface area contributed by atoms with Crippen molar-refractivity contribution in [3.05, 3.63) is 34.2 Å². The highest BCUT2D eigenvalue weighted by molar-refractivity contribution is 7.10. The van der Waals surface area contributed by atoms with Gasteiger partial charge in [-0.2, -0.15) is 5.10 Å². The third kappa shape index (κ3) is 2.66. The van der Waals surface area contributed by atoms with Crippen LogP contribution in [0.3, 0.4) is 0 Å². The normalized spacial score (nSPS) is 10.2. The molecular weight excluding hydrogens is 210 g/mol. The molecule has 2 N–H and O–H groups in total.